The van der Waals surface area contributed by atoms with Crippen LogP contribution >= 0.6 is 0 Å². The van der Waals surface area contributed by atoms with Gasteiger partial charge in [0.05, 0.1) is 12.0 Å². The molecule has 14 heavy (non-hydrogen) atoms. The number of hydrogen-bond acceptors (Lipinski definition) is 5. The summed E-state index contributed by atoms with van der Waals surface area (Å²) < 4.78 is 10.1. The number of carbonyl (C=O) groups is 1. The average Bonchev–Trinajstić information content (AvgIpc) is 2.75. The van der Waals surface area contributed by atoms with Crippen LogP contribution in [0.5, 0.6) is 0 Å². The first-order chi connectivity index (χ1) is 6.72. The SMILES string of the molecule is CCOC1CC1c1nc(C(=O)O)no1. The Morgan fingerprint density at radius 2 is 2.57 bits per heavy atom. The third-order valence-corrected chi connectivity index (χ3v) is 2.06. The Morgan fingerprint density at radius 1 is 1.79 bits per heavy atom. The van der Waals surface area contributed by atoms with Gasteiger partial charge in [0.15, 0.2) is 0 Å². The van der Waals surface area contributed by atoms with Crippen molar-refractivity contribution in [2.75, 3.05) is 6.61 Å². The zero-order valence-electron chi connectivity index (χ0n) is 7.64. The number of aromatic nitrogens is 2. The normalized spacial score (nSPS) is 24.9. The summed E-state index contributed by atoms with van der Waals surface area (Å²) in [5.74, 6) is -1.02. The Morgan fingerprint density at radius 3 is 3.14 bits per heavy atom. The fourth-order valence-corrected chi connectivity index (χ4v) is 1.30. The van der Waals surface area contributed by atoms with Crippen LogP contribution in [0.3, 0.4) is 0 Å². The number of carboxylic acids is 1. The Bertz CT molecular complexity index is 349. The summed E-state index contributed by atoms with van der Waals surface area (Å²) in [7, 11) is 0. The third kappa shape index (κ3) is 1.60. The average molecular weight is 198 g/mol. The molecule has 2 atom stereocenters. The van der Waals surface area contributed by atoms with E-state index in [1.807, 2.05) is 6.92 Å². The Hall–Kier alpha value is -1.43. The van der Waals surface area contributed by atoms with E-state index in [1.54, 1.807) is 0 Å². The van der Waals surface area contributed by atoms with Gasteiger partial charge in [-0.1, -0.05) is 0 Å². The van der Waals surface area contributed by atoms with Crippen molar-refractivity contribution in [2.24, 2.45) is 0 Å². The van der Waals surface area contributed by atoms with Gasteiger partial charge in [-0.3, -0.25) is 0 Å². The maximum Gasteiger partial charge on any atom is 0.377 e. The fraction of sp³-hybridized carbons (Fsp3) is 0.625. The van der Waals surface area contributed by atoms with E-state index in [1.165, 1.54) is 0 Å². The highest BCUT2D eigenvalue weighted by Gasteiger charge is 2.44. The summed E-state index contributed by atoms with van der Waals surface area (Å²) in [6.07, 6.45) is 0.942. The quantitative estimate of drug-likeness (QED) is 0.764. The lowest BCUT2D eigenvalue weighted by atomic mass is 10.4. The van der Waals surface area contributed by atoms with Gasteiger partial charge in [0, 0.05) is 6.61 Å². The molecule has 1 heterocycles. The number of rotatable bonds is 4. The van der Waals surface area contributed by atoms with Crippen molar-refractivity contribution >= 4 is 5.97 Å². The monoisotopic (exact) mass is 198 g/mol. The summed E-state index contributed by atoms with van der Waals surface area (Å²) in [5, 5.41) is 11.9. The molecule has 76 valence electrons. The lowest BCUT2D eigenvalue weighted by molar-refractivity contribution is 0.0680. The summed E-state index contributed by atoms with van der Waals surface area (Å²) in [6, 6.07) is 0. The van der Waals surface area contributed by atoms with Crippen molar-refractivity contribution in [1.82, 2.24) is 10.1 Å². The van der Waals surface area contributed by atoms with Gasteiger partial charge in [0.2, 0.25) is 5.89 Å². The van der Waals surface area contributed by atoms with E-state index in [4.69, 9.17) is 14.4 Å². The summed E-state index contributed by atoms with van der Waals surface area (Å²) in [5.41, 5.74) is 0. The maximum absolute atomic E-state index is 10.4. The number of hydrogen-bond donors (Lipinski definition) is 1. The second-order valence-corrected chi connectivity index (χ2v) is 3.10. The second-order valence-electron chi connectivity index (χ2n) is 3.10. The zero-order valence-corrected chi connectivity index (χ0v) is 7.64. The van der Waals surface area contributed by atoms with Crippen LogP contribution in [0.15, 0.2) is 4.52 Å². The molecule has 1 N–H and O–H groups in total. The molecule has 6 nitrogen and oxygen atoms in total. The van der Waals surface area contributed by atoms with Gasteiger partial charge < -0.3 is 14.4 Å². The Kier molecular flexibility index (Phi) is 2.20. The van der Waals surface area contributed by atoms with E-state index in [9.17, 15) is 4.79 Å². The minimum Gasteiger partial charge on any atom is -0.475 e. The van der Waals surface area contributed by atoms with Crippen LogP contribution in [0.2, 0.25) is 0 Å². The van der Waals surface area contributed by atoms with Crippen molar-refractivity contribution in [3.8, 4) is 0 Å². The Labute approximate surface area is 79.9 Å². The molecule has 0 saturated heterocycles. The fourth-order valence-electron chi connectivity index (χ4n) is 1.30. The minimum absolute atomic E-state index is 0.0792. The Balaban J connectivity index is 2.01. The summed E-state index contributed by atoms with van der Waals surface area (Å²) in [6.45, 7) is 2.55. The smallest absolute Gasteiger partial charge is 0.377 e. The maximum atomic E-state index is 10.4. The van der Waals surface area contributed by atoms with Crippen molar-refractivity contribution in [2.45, 2.75) is 25.4 Å². The number of nitrogens with zero attached hydrogens (tertiary/aromatic N) is 2. The molecule has 0 amide bonds. The van der Waals surface area contributed by atoms with Crippen LogP contribution in [0.25, 0.3) is 0 Å². The first kappa shape index (κ1) is 9.14. The molecule has 2 rings (SSSR count). The van der Waals surface area contributed by atoms with Crippen LogP contribution in [0, 0.1) is 0 Å². The highest BCUT2D eigenvalue weighted by atomic mass is 16.5. The van der Waals surface area contributed by atoms with Gasteiger partial charge in [0.25, 0.3) is 5.82 Å². The van der Waals surface area contributed by atoms with Gasteiger partial charge in [-0.2, -0.15) is 4.98 Å². The van der Waals surface area contributed by atoms with Gasteiger partial charge in [-0.25, -0.2) is 4.79 Å². The molecule has 1 saturated carbocycles. The predicted molar refractivity (Wildman–Crippen MR) is 44.0 cm³/mol. The highest BCUT2D eigenvalue weighted by molar-refractivity contribution is 5.82. The molecule has 1 aromatic heterocycles. The topological polar surface area (TPSA) is 85.5 Å². The summed E-state index contributed by atoms with van der Waals surface area (Å²) in [4.78, 5) is 14.2. The summed E-state index contributed by atoms with van der Waals surface area (Å²) >= 11 is 0. The molecule has 1 aliphatic rings. The van der Waals surface area contributed by atoms with Crippen molar-refractivity contribution in [3.05, 3.63) is 11.7 Å². The molecule has 0 aromatic carbocycles. The molecule has 1 aromatic rings. The number of carboxylic acid groups (broad SMARTS) is 1. The molecule has 1 fully saturated rings. The highest BCUT2D eigenvalue weighted by Crippen LogP contribution is 2.42. The number of ether oxygens (including phenoxy) is 1. The molecule has 6 heteroatoms. The molecular formula is C8H10N2O4. The van der Waals surface area contributed by atoms with Crippen LogP contribution < -0.4 is 0 Å². The van der Waals surface area contributed by atoms with Gasteiger partial charge in [-0.05, 0) is 18.5 Å². The third-order valence-electron chi connectivity index (χ3n) is 2.06. The van der Waals surface area contributed by atoms with E-state index >= 15 is 0 Å². The largest absolute Gasteiger partial charge is 0.475 e. The van der Waals surface area contributed by atoms with E-state index in [-0.39, 0.29) is 17.8 Å². The number of aromatic carboxylic acids is 1. The molecule has 0 spiro atoms. The molecule has 2 unspecified atom stereocenters. The lowest BCUT2D eigenvalue weighted by Crippen LogP contribution is -1.99. The van der Waals surface area contributed by atoms with E-state index in [2.05, 4.69) is 10.1 Å². The van der Waals surface area contributed by atoms with E-state index in [0.29, 0.717) is 12.5 Å². The molecular weight excluding hydrogens is 188 g/mol. The van der Waals surface area contributed by atoms with Crippen LogP contribution in [-0.2, 0) is 4.74 Å². The van der Waals surface area contributed by atoms with E-state index in [0.717, 1.165) is 6.42 Å². The molecule has 0 radical (unpaired) electrons. The lowest BCUT2D eigenvalue weighted by Gasteiger charge is -1.94. The first-order valence-corrected chi connectivity index (χ1v) is 4.41. The van der Waals surface area contributed by atoms with Gasteiger partial charge in [-0.15, -0.1) is 0 Å². The first-order valence-electron chi connectivity index (χ1n) is 4.41. The standard InChI is InChI=1S/C8H10N2O4/c1-2-13-5-3-4(5)7-9-6(8(11)12)10-14-7/h4-5H,2-3H2,1H3,(H,11,12). The van der Waals surface area contributed by atoms with Crippen LogP contribution in [-0.4, -0.2) is 33.9 Å². The minimum atomic E-state index is -1.17. The molecule has 0 bridgehead atoms. The molecule has 1 aliphatic carbocycles. The molecule has 0 aliphatic heterocycles. The van der Waals surface area contributed by atoms with Crippen molar-refractivity contribution in [1.29, 1.82) is 0 Å². The van der Waals surface area contributed by atoms with Gasteiger partial charge >= 0.3 is 5.97 Å². The van der Waals surface area contributed by atoms with Gasteiger partial charge in [0.1, 0.15) is 0 Å². The van der Waals surface area contributed by atoms with Crippen molar-refractivity contribution in [3.63, 3.8) is 0 Å². The van der Waals surface area contributed by atoms with Crippen molar-refractivity contribution < 1.29 is 19.2 Å². The van der Waals surface area contributed by atoms with E-state index < -0.39 is 5.97 Å². The van der Waals surface area contributed by atoms with Crippen LogP contribution in [0.1, 0.15) is 35.8 Å². The zero-order chi connectivity index (χ0) is 10.1. The predicted octanol–water partition coefficient (Wildman–Crippen LogP) is 0.660. The van der Waals surface area contributed by atoms with Crippen LogP contribution in [0.4, 0.5) is 0 Å². The second kappa shape index (κ2) is 3.38.